The summed E-state index contributed by atoms with van der Waals surface area (Å²) in [6, 6.07) is 0. The highest BCUT2D eigenvalue weighted by Crippen LogP contribution is 2.22. The van der Waals surface area contributed by atoms with E-state index in [9.17, 15) is 21.6 Å². The van der Waals surface area contributed by atoms with Crippen molar-refractivity contribution in [3.8, 4) is 0 Å². The molecule has 2 aliphatic heterocycles. The van der Waals surface area contributed by atoms with Crippen LogP contribution in [-0.4, -0.2) is 63.4 Å². The number of hydrogen-bond acceptors (Lipinski definition) is 5. The number of nitrogens with one attached hydrogen (secondary N) is 1. The summed E-state index contributed by atoms with van der Waals surface area (Å²) in [6.07, 6.45) is 0.674. The first kappa shape index (κ1) is 13.8. The summed E-state index contributed by atoms with van der Waals surface area (Å²) in [5.74, 6) is -0.748. The molecule has 1 N–H and O–H groups in total. The molecule has 1 unspecified atom stereocenters. The first-order valence-corrected chi connectivity index (χ1v) is 9.10. The zero-order valence-electron chi connectivity index (χ0n) is 9.83. The minimum atomic E-state index is -3.70. The van der Waals surface area contributed by atoms with Crippen LogP contribution in [0.2, 0.25) is 0 Å². The summed E-state index contributed by atoms with van der Waals surface area (Å²) < 4.78 is 48.3. The standard InChI is InChI=1S/C9H16N2O5S2/c12-9-6-11(4-1-3-10-9)18(15,16)8-2-5-17(13,14)7-8/h8H,1-7H2,(H,10,12). The Morgan fingerprint density at radius 3 is 2.67 bits per heavy atom. The van der Waals surface area contributed by atoms with Gasteiger partial charge in [0.1, 0.15) is 0 Å². The number of amides is 1. The Kier molecular flexibility index (Phi) is 3.65. The monoisotopic (exact) mass is 296 g/mol. The van der Waals surface area contributed by atoms with Crippen molar-refractivity contribution >= 4 is 25.8 Å². The fourth-order valence-electron chi connectivity index (χ4n) is 2.20. The minimum Gasteiger partial charge on any atom is -0.355 e. The summed E-state index contributed by atoms with van der Waals surface area (Å²) in [5, 5.41) is 1.70. The molecule has 0 bridgehead atoms. The largest absolute Gasteiger partial charge is 0.355 e. The SMILES string of the molecule is O=C1CN(S(=O)(=O)C2CCS(=O)(=O)C2)CCCN1. The topological polar surface area (TPSA) is 101 Å². The van der Waals surface area contributed by atoms with E-state index in [1.165, 1.54) is 0 Å². The average molecular weight is 296 g/mol. The lowest BCUT2D eigenvalue weighted by atomic mass is 10.4. The molecule has 1 atom stereocenters. The molecule has 0 aromatic heterocycles. The van der Waals surface area contributed by atoms with Gasteiger partial charge in [-0.25, -0.2) is 16.8 Å². The molecule has 2 fully saturated rings. The van der Waals surface area contributed by atoms with E-state index >= 15 is 0 Å². The minimum absolute atomic E-state index is 0.0864. The Morgan fingerprint density at radius 1 is 1.33 bits per heavy atom. The predicted molar refractivity (Wildman–Crippen MR) is 65.2 cm³/mol. The van der Waals surface area contributed by atoms with Gasteiger partial charge in [-0.15, -0.1) is 0 Å². The lowest BCUT2D eigenvalue weighted by Crippen LogP contribution is -2.42. The fourth-order valence-corrected chi connectivity index (χ4v) is 6.72. The zero-order chi connectivity index (χ0) is 13.4. The maximum Gasteiger partial charge on any atom is 0.235 e. The van der Waals surface area contributed by atoms with Crippen molar-refractivity contribution in [1.29, 1.82) is 0 Å². The molecule has 7 nitrogen and oxygen atoms in total. The van der Waals surface area contributed by atoms with Crippen LogP contribution in [0, 0.1) is 0 Å². The smallest absolute Gasteiger partial charge is 0.235 e. The molecule has 0 aliphatic carbocycles. The van der Waals surface area contributed by atoms with Crippen molar-refractivity contribution in [2.45, 2.75) is 18.1 Å². The molecule has 0 saturated carbocycles. The summed E-state index contributed by atoms with van der Waals surface area (Å²) >= 11 is 0. The molecule has 9 heteroatoms. The number of carbonyl (C=O) groups is 1. The average Bonchev–Trinajstić information content (AvgIpc) is 2.49. The molecule has 0 radical (unpaired) electrons. The van der Waals surface area contributed by atoms with Gasteiger partial charge in [0, 0.05) is 13.1 Å². The molecule has 2 aliphatic rings. The van der Waals surface area contributed by atoms with Crippen LogP contribution < -0.4 is 5.32 Å². The van der Waals surface area contributed by atoms with Crippen LogP contribution in [0.25, 0.3) is 0 Å². The van der Waals surface area contributed by atoms with Crippen molar-refractivity contribution < 1.29 is 21.6 Å². The molecule has 1 amide bonds. The molecule has 0 aromatic rings. The van der Waals surface area contributed by atoms with Gasteiger partial charge in [0.2, 0.25) is 15.9 Å². The van der Waals surface area contributed by atoms with Gasteiger partial charge in [0.25, 0.3) is 0 Å². The van der Waals surface area contributed by atoms with Crippen LogP contribution in [0.4, 0.5) is 0 Å². The molecule has 0 spiro atoms. The summed E-state index contributed by atoms with van der Waals surface area (Å²) in [4.78, 5) is 11.3. The Morgan fingerprint density at radius 2 is 2.06 bits per heavy atom. The first-order valence-electron chi connectivity index (χ1n) is 5.77. The molecule has 0 aromatic carbocycles. The van der Waals surface area contributed by atoms with Gasteiger partial charge < -0.3 is 5.32 Å². The highest BCUT2D eigenvalue weighted by atomic mass is 32.2. The third kappa shape index (κ3) is 2.83. The van der Waals surface area contributed by atoms with Crippen molar-refractivity contribution in [2.24, 2.45) is 0 Å². The number of hydrogen-bond donors (Lipinski definition) is 1. The molecule has 2 heterocycles. The Labute approximate surface area is 107 Å². The second-order valence-electron chi connectivity index (χ2n) is 4.61. The van der Waals surface area contributed by atoms with Crippen molar-refractivity contribution in [3.63, 3.8) is 0 Å². The van der Waals surface area contributed by atoms with Crippen LogP contribution in [0.1, 0.15) is 12.8 Å². The Bertz CT molecular complexity index is 539. The van der Waals surface area contributed by atoms with Crippen molar-refractivity contribution in [3.05, 3.63) is 0 Å². The van der Waals surface area contributed by atoms with E-state index in [-0.39, 0.29) is 36.9 Å². The van der Waals surface area contributed by atoms with Crippen molar-refractivity contribution in [2.75, 3.05) is 31.1 Å². The van der Waals surface area contributed by atoms with Gasteiger partial charge in [-0.05, 0) is 12.8 Å². The van der Waals surface area contributed by atoms with Gasteiger partial charge in [-0.2, -0.15) is 4.31 Å². The van der Waals surface area contributed by atoms with Crippen LogP contribution in [0.5, 0.6) is 0 Å². The van der Waals surface area contributed by atoms with Crippen LogP contribution in [0.3, 0.4) is 0 Å². The van der Waals surface area contributed by atoms with E-state index in [0.717, 1.165) is 4.31 Å². The maximum absolute atomic E-state index is 12.3. The third-order valence-electron chi connectivity index (χ3n) is 3.20. The normalized spacial score (nSPS) is 29.8. The van der Waals surface area contributed by atoms with Gasteiger partial charge in [-0.1, -0.05) is 0 Å². The zero-order valence-corrected chi connectivity index (χ0v) is 11.5. The van der Waals surface area contributed by atoms with Crippen LogP contribution in [0.15, 0.2) is 0 Å². The number of sulfonamides is 1. The predicted octanol–water partition coefficient (Wildman–Crippen LogP) is -1.67. The molecular weight excluding hydrogens is 280 g/mol. The third-order valence-corrected chi connectivity index (χ3v) is 7.45. The van der Waals surface area contributed by atoms with Gasteiger partial charge in [0.05, 0.1) is 23.3 Å². The highest BCUT2D eigenvalue weighted by Gasteiger charge is 2.41. The van der Waals surface area contributed by atoms with Crippen molar-refractivity contribution in [1.82, 2.24) is 9.62 Å². The second-order valence-corrected chi connectivity index (χ2v) is 9.05. The Hall–Kier alpha value is -0.670. The maximum atomic E-state index is 12.3. The van der Waals surface area contributed by atoms with E-state index in [1.54, 1.807) is 0 Å². The molecular formula is C9H16N2O5S2. The quantitative estimate of drug-likeness (QED) is 0.656. The lowest BCUT2D eigenvalue weighted by Gasteiger charge is -2.22. The number of carbonyl (C=O) groups excluding carboxylic acids is 1. The van der Waals surface area contributed by atoms with E-state index in [2.05, 4.69) is 5.32 Å². The number of rotatable bonds is 2. The van der Waals surface area contributed by atoms with Gasteiger partial charge in [-0.3, -0.25) is 4.79 Å². The molecule has 104 valence electrons. The highest BCUT2D eigenvalue weighted by molar-refractivity contribution is 7.95. The number of nitrogens with zero attached hydrogens (tertiary/aromatic N) is 1. The van der Waals surface area contributed by atoms with Gasteiger partial charge >= 0.3 is 0 Å². The van der Waals surface area contributed by atoms with E-state index < -0.39 is 25.1 Å². The first-order chi connectivity index (χ1) is 8.31. The molecule has 2 rings (SSSR count). The van der Waals surface area contributed by atoms with E-state index in [4.69, 9.17) is 0 Å². The van der Waals surface area contributed by atoms with Crippen LogP contribution >= 0.6 is 0 Å². The number of sulfone groups is 1. The summed E-state index contributed by atoms with van der Waals surface area (Å²) in [6.45, 7) is 0.504. The summed E-state index contributed by atoms with van der Waals surface area (Å²) in [7, 11) is -6.94. The molecule has 2 saturated heterocycles. The van der Waals surface area contributed by atoms with E-state index in [1.807, 2.05) is 0 Å². The van der Waals surface area contributed by atoms with Crippen LogP contribution in [-0.2, 0) is 24.7 Å². The second kappa shape index (κ2) is 4.78. The van der Waals surface area contributed by atoms with Gasteiger partial charge in [0.15, 0.2) is 9.84 Å². The molecule has 18 heavy (non-hydrogen) atoms. The summed E-state index contributed by atoms with van der Waals surface area (Å²) in [5.41, 5.74) is 0. The van der Waals surface area contributed by atoms with E-state index in [0.29, 0.717) is 13.0 Å². The lowest BCUT2D eigenvalue weighted by molar-refractivity contribution is -0.120. The fraction of sp³-hybridized carbons (Fsp3) is 0.889. The Balaban J connectivity index is 2.18.